The average molecular weight is 292 g/mol. The Labute approximate surface area is 123 Å². The van der Waals surface area contributed by atoms with E-state index in [1.165, 1.54) is 5.56 Å². The van der Waals surface area contributed by atoms with Gasteiger partial charge in [0, 0.05) is 5.38 Å². The predicted octanol–water partition coefficient (Wildman–Crippen LogP) is 2.97. The summed E-state index contributed by atoms with van der Waals surface area (Å²) >= 11 is 1.68. The smallest absolute Gasteiger partial charge is 0.160 e. The van der Waals surface area contributed by atoms with Crippen LogP contribution in [0.5, 0.6) is 11.5 Å². The Hall–Kier alpha value is -1.59. The van der Waals surface area contributed by atoms with E-state index in [0.29, 0.717) is 0 Å². The molecule has 5 heteroatoms. The fourth-order valence-corrected chi connectivity index (χ4v) is 2.80. The van der Waals surface area contributed by atoms with Crippen LogP contribution in [0.3, 0.4) is 0 Å². The van der Waals surface area contributed by atoms with Crippen molar-refractivity contribution in [2.75, 3.05) is 21.3 Å². The number of rotatable bonds is 6. The highest BCUT2D eigenvalue weighted by Gasteiger charge is 2.14. The summed E-state index contributed by atoms with van der Waals surface area (Å²) in [4.78, 5) is 4.55. The highest BCUT2D eigenvalue weighted by atomic mass is 32.1. The van der Waals surface area contributed by atoms with E-state index in [4.69, 9.17) is 9.47 Å². The van der Waals surface area contributed by atoms with Crippen molar-refractivity contribution < 1.29 is 9.47 Å². The van der Waals surface area contributed by atoms with Gasteiger partial charge in [0.05, 0.1) is 31.0 Å². The van der Waals surface area contributed by atoms with Crippen LogP contribution in [0.4, 0.5) is 0 Å². The van der Waals surface area contributed by atoms with Gasteiger partial charge in [-0.3, -0.25) is 0 Å². The zero-order valence-corrected chi connectivity index (χ0v) is 13.1. The number of methoxy groups -OCH3 is 2. The summed E-state index contributed by atoms with van der Waals surface area (Å²) in [7, 11) is 5.26. The molecular formula is C15H20N2O2S. The van der Waals surface area contributed by atoms with Crippen LogP contribution in [-0.4, -0.2) is 26.3 Å². The summed E-state index contributed by atoms with van der Waals surface area (Å²) in [5.74, 6) is 1.51. The molecule has 1 heterocycles. The van der Waals surface area contributed by atoms with E-state index >= 15 is 0 Å². The zero-order valence-electron chi connectivity index (χ0n) is 12.3. The molecule has 0 bridgehead atoms. The highest BCUT2D eigenvalue weighted by Crippen LogP contribution is 2.29. The van der Waals surface area contributed by atoms with Crippen LogP contribution in [0.25, 0.3) is 0 Å². The second-order valence-electron chi connectivity index (χ2n) is 4.53. The molecule has 1 N–H and O–H groups in total. The van der Waals surface area contributed by atoms with E-state index in [1.54, 1.807) is 25.6 Å². The summed E-state index contributed by atoms with van der Waals surface area (Å²) in [5, 5.41) is 6.52. The number of nitrogens with zero attached hydrogens (tertiary/aromatic N) is 1. The molecule has 1 aromatic heterocycles. The van der Waals surface area contributed by atoms with Crippen LogP contribution < -0.4 is 14.8 Å². The standard InChI is InChI=1S/C15H20N2O2S/c1-10-17-13(9-20-10)12(16-2)7-11-5-6-14(18-3)15(8-11)19-4/h5-6,8-9,12,16H,7H2,1-4H3. The lowest BCUT2D eigenvalue weighted by molar-refractivity contribution is 0.354. The molecule has 0 saturated heterocycles. The normalized spacial score (nSPS) is 12.2. The third kappa shape index (κ3) is 3.29. The van der Waals surface area contributed by atoms with E-state index in [0.717, 1.165) is 28.6 Å². The molecule has 0 fully saturated rings. The molecule has 2 aromatic rings. The van der Waals surface area contributed by atoms with Gasteiger partial charge < -0.3 is 14.8 Å². The molecule has 0 spiro atoms. The number of nitrogens with one attached hydrogen (secondary N) is 1. The first kappa shape index (κ1) is 14.8. The minimum absolute atomic E-state index is 0.207. The fraction of sp³-hybridized carbons (Fsp3) is 0.400. The van der Waals surface area contributed by atoms with Crippen LogP contribution in [-0.2, 0) is 6.42 Å². The number of hydrogen-bond acceptors (Lipinski definition) is 5. The number of ether oxygens (including phenoxy) is 2. The minimum atomic E-state index is 0.207. The molecule has 1 atom stereocenters. The number of thiazole rings is 1. The van der Waals surface area contributed by atoms with Crippen molar-refractivity contribution in [3.05, 3.63) is 39.8 Å². The lowest BCUT2D eigenvalue weighted by Crippen LogP contribution is -2.19. The number of aryl methyl sites for hydroxylation is 1. The molecule has 20 heavy (non-hydrogen) atoms. The van der Waals surface area contributed by atoms with Gasteiger partial charge in [0.2, 0.25) is 0 Å². The molecule has 0 aliphatic heterocycles. The maximum Gasteiger partial charge on any atom is 0.160 e. The van der Waals surface area contributed by atoms with E-state index in [-0.39, 0.29) is 6.04 Å². The Bertz CT molecular complexity index is 569. The van der Waals surface area contributed by atoms with Crippen molar-refractivity contribution in [3.8, 4) is 11.5 Å². The molecule has 108 valence electrons. The highest BCUT2D eigenvalue weighted by molar-refractivity contribution is 7.09. The third-order valence-corrected chi connectivity index (χ3v) is 4.02. The first-order valence-corrected chi connectivity index (χ1v) is 7.36. The molecule has 0 amide bonds. The van der Waals surface area contributed by atoms with Crippen LogP contribution in [0.2, 0.25) is 0 Å². The molecular weight excluding hydrogens is 272 g/mol. The first-order chi connectivity index (χ1) is 9.67. The van der Waals surface area contributed by atoms with E-state index < -0.39 is 0 Å². The molecule has 2 rings (SSSR count). The van der Waals surface area contributed by atoms with Gasteiger partial charge in [0.1, 0.15) is 0 Å². The van der Waals surface area contributed by atoms with Crippen molar-refractivity contribution in [1.82, 2.24) is 10.3 Å². The molecule has 1 aromatic carbocycles. The maximum atomic E-state index is 5.34. The second-order valence-corrected chi connectivity index (χ2v) is 5.59. The zero-order chi connectivity index (χ0) is 14.5. The summed E-state index contributed by atoms with van der Waals surface area (Å²) in [6, 6.07) is 6.22. The molecule has 1 unspecified atom stereocenters. The van der Waals surface area contributed by atoms with E-state index in [1.807, 2.05) is 26.1 Å². The van der Waals surface area contributed by atoms with Crippen molar-refractivity contribution in [2.45, 2.75) is 19.4 Å². The SMILES string of the molecule is CNC(Cc1ccc(OC)c(OC)c1)c1csc(C)n1. The molecule has 0 saturated carbocycles. The Morgan fingerprint density at radius 1 is 1.25 bits per heavy atom. The predicted molar refractivity (Wildman–Crippen MR) is 81.9 cm³/mol. The van der Waals surface area contributed by atoms with Crippen LogP contribution in [0.15, 0.2) is 23.6 Å². The number of hydrogen-bond donors (Lipinski definition) is 1. The van der Waals surface area contributed by atoms with Crippen molar-refractivity contribution in [1.29, 1.82) is 0 Å². The van der Waals surface area contributed by atoms with Gasteiger partial charge in [-0.2, -0.15) is 0 Å². The van der Waals surface area contributed by atoms with Gasteiger partial charge in [-0.1, -0.05) is 6.07 Å². The van der Waals surface area contributed by atoms with Crippen molar-refractivity contribution in [2.24, 2.45) is 0 Å². The Morgan fingerprint density at radius 3 is 2.55 bits per heavy atom. The minimum Gasteiger partial charge on any atom is -0.493 e. The van der Waals surface area contributed by atoms with Crippen molar-refractivity contribution >= 4 is 11.3 Å². The quantitative estimate of drug-likeness (QED) is 0.889. The number of likely N-dealkylation sites (N-methyl/N-ethyl adjacent to an activating group) is 1. The van der Waals surface area contributed by atoms with E-state index in [9.17, 15) is 0 Å². The van der Waals surface area contributed by atoms with Crippen molar-refractivity contribution in [3.63, 3.8) is 0 Å². The first-order valence-electron chi connectivity index (χ1n) is 6.48. The summed E-state index contributed by atoms with van der Waals surface area (Å²) < 4.78 is 10.6. The molecule has 4 nitrogen and oxygen atoms in total. The molecule has 0 aliphatic rings. The van der Waals surface area contributed by atoms with Crippen LogP contribution in [0, 0.1) is 6.92 Å². The Kier molecular flexibility index (Phi) is 4.98. The van der Waals surface area contributed by atoms with Gasteiger partial charge in [-0.15, -0.1) is 11.3 Å². The summed E-state index contributed by atoms with van der Waals surface area (Å²) in [5.41, 5.74) is 2.28. The van der Waals surface area contributed by atoms with Gasteiger partial charge in [0.25, 0.3) is 0 Å². The maximum absolute atomic E-state index is 5.34. The van der Waals surface area contributed by atoms with Gasteiger partial charge in [-0.05, 0) is 38.1 Å². The molecule has 0 radical (unpaired) electrons. The topological polar surface area (TPSA) is 43.4 Å². The largest absolute Gasteiger partial charge is 0.493 e. The monoisotopic (exact) mass is 292 g/mol. The van der Waals surface area contributed by atoms with Crippen LogP contribution in [0.1, 0.15) is 22.3 Å². The Balaban J connectivity index is 2.19. The second kappa shape index (κ2) is 6.72. The summed E-state index contributed by atoms with van der Waals surface area (Å²) in [6.45, 7) is 2.03. The average Bonchev–Trinajstić information content (AvgIpc) is 2.90. The van der Waals surface area contributed by atoms with Crippen LogP contribution >= 0.6 is 11.3 Å². The number of aromatic nitrogens is 1. The van der Waals surface area contributed by atoms with Gasteiger partial charge in [0.15, 0.2) is 11.5 Å². The molecule has 0 aliphatic carbocycles. The van der Waals surface area contributed by atoms with E-state index in [2.05, 4.69) is 21.7 Å². The lowest BCUT2D eigenvalue weighted by Gasteiger charge is -2.15. The fourth-order valence-electron chi connectivity index (χ4n) is 2.14. The third-order valence-electron chi connectivity index (χ3n) is 3.23. The summed E-state index contributed by atoms with van der Waals surface area (Å²) in [6.07, 6.45) is 0.861. The lowest BCUT2D eigenvalue weighted by atomic mass is 10.0. The van der Waals surface area contributed by atoms with Gasteiger partial charge >= 0.3 is 0 Å². The number of benzene rings is 1. The Morgan fingerprint density at radius 2 is 2.00 bits per heavy atom. The van der Waals surface area contributed by atoms with Gasteiger partial charge in [-0.25, -0.2) is 4.98 Å².